The third-order valence-corrected chi connectivity index (χ3v) is 4.24. The molecular weight excluding hydrogens is 372 g/mol. The Morgan fingerprint density at radius 2 is 2.00 bits per heavy atom. The van der Waals surface area contributed by atoms with Crippen molar-refractivity contribution in [1.29, 1.82) is 0 Å². The van der Waals surface area contributed by atoms with Crippen LogP contribution in [-0.4, -0.2) is 31.6 Å². The predicted molar refractivity (Wildman–Crippen MR) is 108 cm³/mol. The molecule has 3 rings (SSSR count). The summed E-state index contributed by atoms with van der Waals surface area (Å²) in [5.74, 6) is 1.09. The van der Waals surface area contributed by atoms with Crippen LogP contribution in [0.15, 0.2) is 60.4 Å². The van der Waals surface area contributed by atoms with Crippen molar-refractivity contribution in [2.75, 3.05) is 13.7 Å². The third kappa shape index (κ3) is 4.66. The van der Waals surface area contributed by atoms with Gasteiger partial charge in [-0.3, -0.25) is 4.79 Å². The summed E-state index contributed by atoms with van der Waals surface area (Å²) in [6.45, 7) is 3.62. The summed E-state index contributed by atoms with van der Waals surface area (Å²) in [7, 11) is 1.61. The van der Waals surface area contributed by atoms with E-state index in [0.29, 0.717) is 17.1 Å². The standard InChI is InChI=1S/C23H22O6/c1-4-27-23(25)15(2)28-17-12-13-18-21(14-17)29-20(22(18)24)11-7-9-16-8-5-6-10-19(16)26-3/h5-15H,4H2,1-3H3. The average Bonchev–Trinajstić information content (AvgIpc) is 3.03. The van der Waals surface area contributed by atoms with Crippen molar-refractivity contribution in [2.24, 2.45) is 0 Å². The molecule has 0 N–H and O–H groups in total. The smallest absolute Gasteiger partial charge is 0.347 e. The second kappa shape index (κ2) is 9.10. The van der Waals surface area contributed by atoms with Gasteiger partial charge in [0.2, 0.25) is 5.78 Å². The number of esters is 1. The van der Waals surface area contributed by atoms with E-state index in [1.165, 1.54) is 0 Å². The van der Waals surface area contributed by atoms with Crippen LogP contribution < -0.4 is 14.2 Å². The summed E-state index contributed by atoms with van der Waals surface area (Å²) >= 11 is 0. The first-order valence-electron chi connectivity index (χ1n) is 9.24. The van der Waals surface area contributed by atoms with Gasteiger partial charge in [-0.05, 0) is 38.1 Å². The first kappa shape index (κ1) is 20.2. The number of benzene rings is 2. The normalized spacial score (nSPS) is 15.1. The molecule has 0 aromatic heterocycles. The molecule has 6 nitrogen and oxygen atoms in total. The van der Waals surface area contributed by atoms with E-state index in [1.807, 2.05) is 30.3 Å². The monoisotopic (exact) mass is 394 g/mol. The van der Waals surface area contributed by atoms with E-state index in [4.69, 9.17) is 18.9 Å². The van der Waals surface area contributed by atoms with Gasteiger partial charge < -0.3 is 18.9 Å². The molecular formula is C23H22O6. The highest BCUT2D eigenvalue weighted by molar-refractivity contribution is 6.12. The van der Waals surface area contributed by atoms with Crippen LogP contribution in [-0.2, 0) is 9.53 Å². The molecule has 1 unspecified atom stereocenters. The van der Waals surface area contributed by atoms with Gasteiger partial charge in [0, 0.05) is 11.6 Å². The fourth-order valence-electron chi connectivity index (χ4n) is 2.81. The van der Waals surface area contributed by atoms with Gasteiger partial charge in [0.05, 0.1) is 19.3 Å². The van der Waals surface area contributed by atoms with Gasteiger partial charge in [0.25, 0.3) is 0 Å². The van der Waals surface area contributed by atoms with Gasteiger partial charge in [-0.2, -0.15) is 0 Å². The predicted octanol–water partition coefficient (Wildman–Crippen LogP) is 4.20. The Balaban J connectivity index is 1.72. The van der Waals surface area contributed by atoms with Crippen LogP contribution in [0.1, 0.15) is 29.8 Å². The minimum Gasteiger partial charge on any atom is -0.496 e. The lowest BCUT2D eigenvalue weighted by Gasteiger charge is -2.13. The Hall–Kier alpha value is -3.54. The fraction of sp³-hybridized carbons (Fsp3) is 0.217. The number of Topliss-reactive ketones (excluding diaryl/α,β-unsaturated/α-hetero) is 1. The number of ether oxygens (including phenoxy) is 4. The summed E-state index contributed by atoms with van der Waals surface area (Å²) in [6, 6.07) is 12.4. The van der Waals surface area contributed by atoms with E-state index >= 15 is 0 Å². The molecule has 150 valence electrons. The number of ketones is 1. The summed E-state index contributed by atoms with van der Waals surface area (Å²) in [5, 5.41) is 0. The maximum absolute atomic E-state index is 12.5. The highest BCUT2D eigenvalue weighted by Crippen LogP contribution is 2.34. The first-order valence-corrected chi connectivity index (χ1v) is 9.24. The van der Waals surface area contributed by atoms with Crippen LogP contribution in [0, 0.1) is 0 Å². The molecule has 1 aliphatic heterocycles. The first-order chi connectivity index (χ1) is 14.0. The molecule has 0 fully saturated rings. The zero-order valence-electron chi connectivity index (χ0n) is 16.5. The molecule has 0 spiro atoms. The molecule has 0 amide bonds. The topological polar surface area (TPSA) is 71.1 Å². The Kier molecular flexibility index (Phi) is 6.34. The number of rotatable bonds is 7. The lowest BCUT2D eigenvalue weighted by molar-refractivity contribution is -0.150. The van der Waals surface area contributed by atoms with Crippen LogP contribution in [0.2, 0.25) is 0 Å². The van der Waals surface area contributed by atoms with E-state index < -0.39 is 12.1 Å². The van der Waals surface area contributed by atoms with Gasteiger partial charge in [0.15, 0.2) is 11.9 Å². The second-order valence-electron chi connectivity index (χ2n) is 6.23. The largest absolute Gasteiger partial charge is 0.496 e. The number of carbonyl (C=O) groups excluding carboxylic acids is 2. The molecule has 0 saturated carbocycles. The van der Waals surface area contributed by atoms with Crippen LogP contribution in [0.4, 0.5) is 0 Å². The number of hydrogen-bond acceptors (Lipinski definition) is 6. The Morgan fingerprint density at radius 3 is 2.76 bits per heavy atom. The quantitative estimate of drug-likeness (QED) is 0.518. The summed E-state index contributed by atoms with van der Waals surface area (Å²) in [6.07, 6.45) is 4.42. The molecule has 1 aliphatic rings. The van der Waals surface area contributed by atoms with Gasteiger partial charge in [0.1, 0.15) is 17.2 Å². The number of carbonyl (C=O) groups is 2. The molecule has 1 heterocycles. The molecule has 29 heavy (non-hydrogen) atoms. The summed E-state index contributed by atoms with van der Waals surface area (Å²) in [4.78, 5) is 24.2. The van der Waals surface area contributed by atoms with Gasteiger partial charge in [-0.15, -0.1) is 0 Å². The summed E-state index contributed by atoms with van der Waals surface area (Å²) < 4.78 is 21.5. The molecule has 2 aromatic rings. The lowest BCUT2D eigenvalue weighted by Crippen LogP contribution is -2.26. The van der Waals surface area contributed by atoms with Gasteiger partial charge in [-0.25, -0.2) is 4.79 Å². The fourth-order valence-corrected chi connectivity index (χ4v) is 2.81. The van der Waals surface area contributed by atoms with Crippen molar-refractivity contribution >= 4 is 17.8 Å². The molecule has 0 saturated heterocycles. The van der Waals surface area contributed by atoms with Crippen molar-refractivity contribution in [3.05, 3.63) is 71.5 Å². The Morgan fingerprint density at radius 1 is 1.21 bits per heavy atom. The van der Waals surface area contributed by atoms with Crippen molar-refractivity contribution in [3.63, 3.8) is 0 Å². The third-order valence-electron chi connectivity index (χ3n) is 4.24. The highest BCUT2D eigenvalue weighted by atomic mass is 16.6. The van der Waals surface area contributed by atoms with Crippen LogP contribution in [0.3, 0.4) is 0 Å². The zero-order chi connectivity index (χ0) is 20.8. The van der Waals surface area contributed by atoms with Crippen molar-refractivity contribution in [3.8, 4) is 17.2 Å². The molecule has 0 aliphatic carbocycles. The minimum atomic E-state index is -0.760. The van der Waals surface area contributed by atoms with E-state index in [1.54, 1.807) is 51.3 Å². The molecule has 1 atom stereocenters. The second-order valence-corrected chi connectivity index (χ2v) is 6.23. The van der Waals surface area contributed by atoms with Crippen molar-refractivity contribution < 1.29 is 28.5 Å². The van der Waals surface area contributed by atoms with E-state index in [0.717, 1.165) is 11.3 Å². The Labute approximate surface area is 169 Å². The Bertz CT molecular complexity index is 973. The number of fused-ring (bicyclic) bond motifs is 1. The van der Waals surface area contributed by atoms with Gasteiger partial charge in [-0.1, -0.05) is 30.4 Å². The van der Waals surface area contributed by atoms with Crippen molar-refractivity contribution in [1.82, 2.24) is 0 Å². The SMILES string of the molecule is CCOC(=O)C(C)Oc1ccc2c(c1)OC(=CC=Cc1ccccc1OC)C2=O. The van der Waals surface area contributed by atoms with Crippen LogP contribution in [0.5, 0.6) is 17.2 Å². The van der Waals surface area contributed by atoms with Crippen molar-refractivity contribution in [2.45, 2.75) is 20.0 Å². The van der Waals surface area contributed by atoms with Gasteiger partial charge >= 0.3 is 5.97 Å². The number of methoxy groups -OCH3 is 1. The zero-order valence-corrected chi connectivity index (χ0v) is 16.5. The van der Waals surface area contributed by atoms with Crippen LogP contribution >= 0.6 is 0 Å². The maximum Gasteiger partial charge on any atom is 0.347 e. The highest BCUT2D eigenvalue weighted by Gasteiger charge is 2.27. The van der Waals surface area contributed by atoms with E-state index in [2.05, 4.69) is 0 Å². The molecule has 2 aromatic carbocycles. The molecule has 0 bridgehead atoms. The van der Waals surface area contributed by atoms with E-state index in [-0.39, 0.29) is 18.1 Å². The molecule has 0 radical (unpaired) electrons. The summed E-state index contributed by atoms with van der Waals surface area (Å²) in [5.41, 5.74) is 1.33. The van der Waals surface area contributed by atoms with Crippen LogP contribution in [0.25, 0.3) is 6.08 Å². The molecule has 6 heteroatoms. The lowest BCUT2D eigenvalue weighted by atomic mass is 10.1. The average molecular weight is 394 g/mol. The maximum atomic E-state index is 12.5. The van der Waals surface area contributed by atoms with E-state index in [9.17, 15) is 9.59 Å². The number of allylic oxidation sites excluding steroid dienone is 3. The number of hydrogen-bond donors (Lipinski definition) is 0. The minimum absolute atomic E-state index is 0.210. The number of para-hydroxylation sites is 1.